The minimum Gasteiger partial charge on any atom is -0.406 e. The Kier molecular flexibility index (Phi) is 6.55. The molecule has 0 aliphatic carbocycles. The van der Waals surface area contributed by atoms with Crippen molar-refractivity contribution in [2.45, 2.75) is 44.9 Å². The number of hydrogen-bond donors (Lipinski definition) is 1. The number of amides is 2. The third-order valence-corrected chi connectivity index (χ3v) is 7.24. The number of benzene rings is 1. The molecule has 0 bridgehead atoms. The Labute approximate surface area is 210 Å². The number of piperidine rings is 1. The molecule has 0 spiro atoms. The monoisotopic (exact) mass is 518 g/mol. The van der Waals surface area contributed by atoms with Gasteiger partial charge in [0.2, 0.25) is 5.91 Å². The normalized spacial score (nSPS) is 17.0. The van der Waals surface area contributed by atoms with Crippen molar-refractivity contribution >= 4 is 22.8 Å². The van der Waals surface area contributed by atoms with E-state index in [0.717, 1.165) is 28.8 Å². The quantitative estimate of drug-likeness (QED) is 0.516. The Morgan fingerprint density at radius 2 is 1.70 bits per heavy atom. The number of hydrogen-bond acceptors (Lipinski definition) is 4. The third-order valence-electron chi connectivity index (χ3n) is 7.24. The molecule has 1 fully saturated rings. The molecule has 3 aromatic rings. The molecule has 0 radical (unpaired) electrons. The number of rotatable bonds is 3. The first-order valence-electron chi connectivity index (χ1n) is 12.2. The Bertz CT molecular complexity index is 1330. The van der Waals surface area contributed by atoms with Crippen LogP contribution in [0.3, 0.4) is 0 Å². The molecule has 0 atom stereocenters. The highest BCUT2D eigenvalue weighted by molar-refractivity contribution is 5.94. The van der Waals surface area contributed by atoms with Gasteiger partial charge < -0.3 is 19.5 Å². The average Bonchev–Trinajstić information content (AvgIpc) is 3.06. The number of alkyl halides is 3. The Morgan fingerprint density at radius 1 is 1.03 bits per heavy atom. The summed E-state index contributed by atoms with van der Waals surface area (Å²) in [5, 5.41) is 0.783. The van der Waals surface area contributed by atoms with Gasteiger partial charge in [0.05, 0.1) is 6.20 Å². The van der Waals surface area contributed by atoms with E-state index in [2.05, 4.69) is 14.7 Å². The summed E-state index contributed by atoms with van der Waals surface area (Å²) in [6, 6.07) is 4.84. The highest BCUT2D eigenvalue weighted by atomic mass is 19.4. The van der Waals surface area contributed by atoms with E-state index < -0.39 is 12.1 Å². The Morgan fingerprint density at radius 3 is 2.35 bits per heavy atom. The summed E-state index contributed by atoms with van der Waals surface area (Å²) in [6.45, 7) is 3.47. The van der Waals surface area contributed by atoms with Crippen LogP contribution >= 0.6 is 0 Å². The van der Waals surface area contributed by atoms with E-state index in [9.17, 15) is 22.8 Å². The molecule has 4 heterocycles. The number of pyridine rings is 1. The van der Waals surface area contributed by atoms with Crippen LogP contribution in [0, 0.1) is 5.82 Å². The highest BCUT2D eigenvalue weighted by Gasteiger charge is 2.32. The van der Waals surface area contributed by atoms with Gasteiger partial charge in [-0.2, -0.15) is 0 Å². The van der Waals surface area contributed by atoms with Gasteiger partial charge in [-0.3, -0.25) is 9.59 Å². The first-order valence-corrected chi connectivity index (χ1v) is 12.2. The van der Waals surface area contributed by atoms with Crippen LogP contribution in [0.1, 0.15) is 52.9 Å². The van der Waals surface area contributed by atoms with Crippen LogP contribution in [0.4, 0.5) is 17.6 Å². The number of fused-ring (bicyclic) bond motifs is 3. The maximum absolute atomic E-state index is 15.2. The van der Waals surface area contributed by atoms with Crippen molar-refractivity contribution in [3.05, 3.63) is 58.7 Å². The standard InChI is InChI=1S/C26H26F4N4O3/c1-15(35)33-12-8-19-21(9-13-33)32-24-23(19)22(20(27)14-31-24)16-6-10-34(11-7-16)25(36)17-2-4-18(5-3-17)37-26(28,29)30/h2-5,14,16H,6-13H2,1H3,(H,31,32). The van der Waals surface area contributed by atoms with Gasteiger partial charge in [-0.15, -0.1) is 13.2 Å². The fourth-order valence-corrected chi connectivity index (χ4v) is 5.43. The average molecular weight is 519 g/mol. The summed E-state index contributed by atoms with van der Waals surface area (Å²) in [4.78, 5) is 35.8. The molecule has 11 heteroatoms. The molecule has 37 heavy (non-hydrogen) atoms. The summed E-state index contributed by atoms with van der Waals surface area (Å²) >= 11 is 0. The summed E-state index contributed by atoms with van der Waals surface area (Å²) in [7, 11) is 0. The largest absolute Gasteiger partial charge is 0.573 e. The SMILES string of the molecule is CC(=O)N1CCc2[nH]c3ncc(F)c(C4CCN(C(=O)c5ccc(OC(F)(F)F)cc5)CC4)c3c2CC1. The molecule has 2 aromatic heterocycles. The number of aromatic amines is 1. The van der Waals surface area contributed by atoms with Crippen molar-refractivity contribution in [3.8, 4) is 5.75 Å². The Balaban J connectivity index is 1.33. The van der Waals surface area contributed by atoms with Crippen molar-refractivity contribution in [2.24, 2.45) is 0 Å². The lowest BCUT2D eigenvalue weighted by atomic mass is 9.86. The summed E-state index contributed by atoms with van der Waals surface area (Å²) in [5.41, 5.74) is 3.47. The van der Waals surface area contributed by atoms with Gasteiger partial charge in [0, 0.05) is 61.7 Å². The van der Waals surface area contributed by atoms with E-state index in [0.29, 0.717) is 63.1 Å². The molecule has 196 valence electrons. The number of H-pyrrole nitrogens is 1. The summed E-state index contributed by atoms with van der Waals surface area (Å²) in [5.74, 6) is -1.18. The zero-order chi connectivity index (χ0) is 26.3. The molecule has 5 rings (SSSR count). The van der Waals surface area contributed by atoms with E-state index in [4.69, 9.17) is 0 Å². The number of halogens is 4. The molecule has 2 amide bonds. The summed E-state index contributed by atoms with van der Waals surface area (Å²) in [6.07, 6.45) is -1.24. The van der Waals surface area contributed by atoms with Gasteiger partial charge in [-0.05, 0) is 55.0 Å². The van der Waals surface area contributed by atoms with Crippen LogP contribution in [0.15, 0.2) is 30.5 Å². The van der Waals surface area contributed by atoms with E-state index >= 15 is 4.39 Å². The number of likely N-dealkylation sites (tertiary alicyclic amines) is 1. The van der Waals surface area contributed by atoms with Crippen molar-refractivity contribution in [2.75, 3.05) is 26.2 Å². The third kappa shape index (κ3) is 5.12. The highest BCUT2D eigenvalue weighted by Crippen LogP contribution is 2.38. The smallest absolute Gasteiger partial charge is 0.406 e. The molecular weight excluding hydrogens is 492 g/mol. The van der Waals surface area contributed by atoms with E-state index in [1.165, 1.54) is 18.3 Å². The zero-order valence-corrected chi connectivity index (χ0v) is 20.2. The number of ether oxygens (including phenoxy) is 1. The van der Waals surface area contributed by atoms with Crippen LogP contribution in [-0.2, 0) is 17.6 Å². The van der Waals surface area contributed by atoms with Crippen LogP contribution in [0.5, 0.6) is 5.75 Å². The number of nitrogens with one attached hydrogen (secondary N) is 1. The van der Waals surface area contributed by atoms with E-state index in [1.807, 2.05) is 0 Å². The molecule has 1 N–H and O–H groups in total. The van der Waals surface area contributed by atoms with Gasteiger partial charge in [0.1, 0.15) is 17.2 Å². The van der Waals surface area contributed by atoms with Gasteiger partial charge in [0.25, 0.3) is 5.91 Å². The molecule has 2 aliphatic rings. The predicted molar refractivity (Wildman–Crippen MR) is 127 cm³/mol. The van der Waals surface area contributed by atoms with Crippen molar-refractivity contribution in [1.29, 1.82) is 0 Å². The predicted octanol–water partition coefficient (Wildman–Crippen LogP) is 4.57. The fraction of sp³-hybridized carbons (Fsp3) is 0.423. The number of aromatic nitrogens is 2. The maximum Gasteiger partial charge on any atom is 0.573 e. The second-order valence-corrected chi connectivity index (χ2v) is 9.47. The lowest BCUT2D eigenvalue weighted by Crippen LogP contribution is -2.38. The molecule has 0 unspecified atom stereocenters. The maximum atomic E-state index is 15.2. The minimum atomic E-state index is -4.80. The van der Waals surface area contributed by atoms with Crippen LogP contribution in [-0.4, -0.2) is 64.1 Å². The first kappa shape index (κ1) is 25.0. The molecule has 7 nitrogen and oxygen atoms in total. The van der Waals surface area contributed by atoms with Gasteiger partial charge in [-0.1, -0.05) is 0 Å². The number of nitrogens with zero attached hydrogens (tertiary/aromatic N) is 3. The fourth-order valence-electron chi connectivity index (χ4n) is 5.43. The topological polar surface area (TPSA) is 78.5 Å². The molecule has 1 saturated heterocycles. The number of carbonyl (C=O) groups is 2. The minimum absolute atomic E-state index is 0.0125. The van der Waals surface area contributed by atoms with Crippen molar-refractivity contribution in [1.82, 2.24) is 19.8 Å². The zero-order valence-electron chi connectivity index (χ0n) is 20.2. The van der Waals surface area contributed by atoms with Crippen molar-refractivity contribution in [3.63, 3.8) is 0 Å². The van der Waals surface area contributed by atoms with Crippen LogP contribution in [0.2, 0.25) is 0 Å². The van der Waals surface area contributed by atoms with Crippen molar-refractivity contribution < 1.29 is 31.9 Å². The van der Waals surface area contributed by atoms with Gasteiger partial charge in [-0.25, -0.2) is 9.37 Å². The number of carbonyl (C=O) groups excluding carboxylic acids is 2. The van der Waals surface area contributed by atoms with Crippen LogP contribution < -0.4 is 4.74 Å². The molecule has 0 saturated carbocycles. The first-order chi connectivity index (χ1) is 17.6. The second kappa shape index (κ2) is 9.68. The van der Waals surface area contributed by atoms with Crippen LogP contribution in [0.25, 0.3) is 11.0 Å². The lowest BCUT2D eigenvalue weighted by Gasteiger charge is -2.33. The van der Waals surface area contributed by atoms with Gasteiger partial charge in [0.15, 0.2) is 0 Å². The molecular formula is C26H26F4N4O3. The van der Waals surface area contributed by atoms with E-state index in [-0.39, 0.29) is 29.1 Å². The Hall–Kier alpha value is -3.63. The van der Waals surface area contributed by atoms with Gasteiger partial charge >= 0.3 is 6.36 Å². The molecule has 2 aliphatic heterocycles. The van der Waals surface area contributed by atoms with E-state index in [1.54, 1.807) is 16.7 Å². The molecule has 1 aromatic carbocycles. The second-order valence-electron chi connectivity index (χ2n) is 9.47. The summed E-state index contributed by atoms with van der Waals surface area (Å²) < 4.78 is 56.3. The lowest BCUT2D eigenvalue weighted by molar-refractivity contribution is -0.274.